The first-order valence-corrected chi connectivity index (χ1v) is 6.87. The number of anilines is 1. The highest BCUT2D eigenvalue weighted by atomic mass is 16.1. The molecule has 1 heterocycles. The lowest BCUT2D eigenvalue weighted by molar-refractivity contribution is 0.112. The highest BCUT2D eigenvalue weighted by Gasteiger charge is 2.33. The zero-order valence-corrected chi connectivity index (χ0v) is 12.7. The van der Waals surface area contributed by atoms with Crippen molar-refractivity contribution in [3.63, 3.8) is 0 Å². The minimum absolute atomic E-state index is 0.000383. The van der Waals surface area contributed by atoms with E-state index in [4.69, 9.17) is 0 Å². The highest BCUT2D eigenvalue weighted by molar-refractivity contribution is 5.87. The van der Waals surface area contributed by atoms with Crippen LogP contribution in [0, 0.1) is 6.92 Å². The van der Waals surface area contributed by atoms with Crippen LogP contribution in [-0.2, 0) is 0 Å². The minimum atomic E-state index is 0.000383. The molecule has 0 unspecified atom stereocenters. The molecule has 0 saturated carbocycles. The molecule has 2 heteroatoms. The van der Waals surface area contributed by atoms with Crippen molar-refractivity contribution >= 4 is 17.5 Å². The Bertz CT molecular complexity index is 553. The molecule has 2 nitrogen and oxygen atoms in total. The van der Waals surface area contributed by atoms with Crippen LogP contribution in [-0.4, -0.2) is 17.9 Å². The number of nitrogens with zero attached hydrogens (tertiary/aromatic N) is 1. The number of benzene rings is 1. The lowest BCUT2D eigenvalue weighted by atomic mass is 9.86. The third-order valence-corrected chi connectivity index (χ3v) is 3.90. The van der Waals surface area contributed by atoms with Gasteiger partial charge in [-0.1, -0.05) is 6.08 Å². The lowest BCUT2D eigenvalue weighted by Gasteiger charge is -2.46. The molecule has 1 aromatic carbocycles. The number of carbonyl (C=O) groups is 1. The summed E-state index contributed by atoms with van der Waals surface area (Å²) in [5.74, 6) is 0. The molecule has 0 saturated heterocycles. The standard InChI is InChI=1S/C17H23NO/c1-11(2)18-16-7-12(3)14(10-19)8-15(16)13(4)9-17(18,5)6/h7-11H,1-6H3. The van der Waals surface area contributed by atoms with Gasteiger partial charge in [-0.25, -0.2) is 0 Å². The number of rotatable bonds is 2. The second-order valence-electron chi connectivity index (χ2n) is 6.29. The predicted molar refractivity (Wildman–Crippen MR) is 81.9 cm³/mol. The SMILES string of the molecule is CC1=CC(C)(C)N(C(C)C)c2cc(C)c(C=O)cc21. The Morgan fingerprint density at radius 2 is 1.84 bits per heavy atom. The maximum Gasteiger partial charge on any atom is 0.150 e. The summed E-state index contributed by atoms with van der Waals surface area (Å²) >= 11 is 0. The maximum atomic E-state index is 11.1. The van der Waals surface area contributed by atoms with Crippen molar-refractivity contribution in [1.82, 2.24) is 0 Å². The fourth-order valence-corrected chi connectivity index (χ4v) is 3.28. The quantitative estimate of drug-likeness (QED) is 0.739. The van der Waals surface area contributed by atoms with E-state index in [1.165, 1.54) is 16.8 Å². The van der Waals surface area contributed by atoms with E-state index in [-0.39, 0.29) is 5.54 Å². The molecule has 0 bridgehead atoms. The number of aryl methyl sites for hydroxylation is 1. The summed E-state index contributed by atoms with van der Waals surface area (Å²) in [6, 6.07) is 4.59. The van der Waals surface area contributed by atoms with Crippen molar-refractivity contribution in [2.75, 3.05) is 4.90 Å². The van der Waals surface area contributed by atoms with Crippen molar-refractivity contribution < 1.29 is 4.79 Å². The molecule has 2 rings (SSSR count). The van der Waals surface area contributed by atoms with Crippen LogP contribution in [0.2, 0.25) is 0 Å². The van der Waals surface area contributed by atoms with Gasteiger partial charge in [-0.05, 0) is 64.8 Å². The Morgan fingerprint density at radius 1 is 1.21 bits per heavy atom. The molecule has 1 aliphatic rings. The molecular weight excluding hydrogens is 234 g/mol. The summed E-state index contributed by atoms with van der Waals surface area (Å²) in [7, 11) is 0. The number of hydrogen-bond donors (Lipinski definition) is 0. The van der Waals surface area contributed by atoms with E-state index >= 15 is 0 Å². The van der Waals surface area contributed by atoms with Gasteiger partial charge in [0.1, 0.15) is 6.29 Å². The smallest absolute Gasteiger partial charge is 0.150 e. The molecule has 0 aromatic heterocycles. The first-order valence-electron chi connectivity index (χ1n) is 6.87. The van der Waals surface area contributed by atoms with Gasteiger partial charge in [-0.2, -0.15) is 0 Å². The minimum Gasteiger partial charge on any atom is -0.360 e. The Hall–Kier alpha value is -1.57. The fraction of sp³-hybridized carbons (Fsp3) is 0.471. The summed E-state index contributed by atoms with van der Waals surface area (Å²) in [6.07, 6.45) is 3.24. The van der Waals surface area contributed by atoms with Crippen LogP contribution in [0.15, 0.2) is 18.2 Å². The van der Waals surface area contributed by atoms with Crippen LogP contribution in [0.4, 0.5) is 5.69 Å². The molecule has 0 amide bonds. The van der Waals surface area contributed by atoms with Crippen molar-refractivity contribution in [3.8, 4) is 0 Å². The molecule has 0 N–H and O–H groups in total. The molecule has 1 aromatic rings. The summed E-state index contributed by atoms with van der Waals surface area (Å²) in [5, 5.41) is 0. The van der Waals surface area contributed by atoms with E-state index in [9.17, 15) is 4.79 Å². The molecular formula is C17H23NO. The van der Waals surface area contributed by atoms with Gasteiger partial charge in [0.2, 0.25) is 0 Å². The van der Waals surface area contributed by atoms with Crippen molar-refractivity contribution in [1.29, 1.82) is 0 Å². The molecule has 19 heavy (non-hydrogen) atoms. The molecule has 0 fully saturated rings. The number of hydrogen-bond acceptors (Lipinski definition) is 2. The zero-order chi connectivity index (χ0) is 14.4. The average Bonchev–Trinajstić information content (AvgIpc) is 2.26. The summed E-state index contributed by atoms with van der Waals surface area (Å²) < 4.78 is 0. The van der Waals surface area contributed by atoms with Crippen molar-refractivity contribution in [3.05, 3.63) is 34.9 Å². The Kier molecular flexibility index (Phi) is 3.29. The average molecular weight is 257 g/mol. The first kappa shape index (κ1) is 13.9. The zero-order valence-electron chi connectivity index (χ0n) is 12.7. The molecule has 0 radical (unpaired) electrons. The van der Waals surface area contributed by atoms with Crippen LogP contribution < -0.4 is 4.90 Å². The van der Waals surface area contributed by atoms with Gasteiger partial charge < -0.3 is 4.90 Å². The topological polar surface area (TPSA) is 20.3 Å². The van der Waals surface area contributed by atoms with Gasteiger partial charge >= 0.3 is 0 Å². The van der Waals surface area contributed by atoms with Gasteiger partial charge in [0.25, 0.3) is 0 Å². The molecule has 102 valence electrons. The van der Waals surface area contributed by atoms with E-state index in [1.807, 2.05) is 13.0 Å². The normalized spacial score (nSPS) is 17.2. The van der Waals surface area contributed by atoms with E-state index in [0.29, 0.717) is 6.04 Å². The second kappa shape index (κ2) is 4.52. The van der Waals surface area contributed by atoms with Gasteiger partial charge in [0, 0.05) is 22.9 Å². The third-order valence-electron chi connectivity index (χ3n) is 3.90. The third kappa shape index (κ3) is 2.20. The monoisotopic (exact) mass is 257 g/mol. The number of aldehydes is 1. The van der Waals surface area contributed by atoms with Crippen LogP contribution >= 0.6 is 0 Å². The van der Waals surface area contributed by atoms with Gasteiger partial charge in [-0.3, -0.25) is 4.79 Å². The van der Waals surface area contributed by atoms with Crippen molar-refractivity contribution in [2.24, 2.45) is 0 Å². The molecule has 0 aliphatic carbocycles. The Balaban J connectivity index is 2.72. The van der Waals surface area contributed by atoms with Gasteiger partial charge in [-0.15, -0.1) is 0 Å². The van der Waals surface area contributed by atoms with Crippen LogP contribution in [0.1, 0.15) is 56.1 Å². The van der Waals surface area contributed by atoms with Crippen LogP contribution in [0.3, 0.4) is 0 Å². The number of allylic oxidation sites excluding steroid dienone is 1. The summed E-state index contributed by atoms with van der Waals surface area (Å²) in [4.78, 5) is 13.6. The van der Waals surface area contributed by atoms with E-state index in [2.05, 4.69) is 51.7 Å². The van der Waals surface area contributed by atoms with E-state index in [0.717, 1.165) is 17.4 Å². The lowest BCUT2D eigenvalue weighted by Crippen LogP contribution is -2.49. The van der Waals surface area contributed by atoms with E-state index < -0.39 is 0 Å². The Labute approximate surface area is 116 Å². The molecule has 0 spiro atoms. The number of carbonyl (C=O) groups excluding carboxylic acids is 1. The van der Waals surface area contributed by atoms with Crippen LogP contribution in [0.5, 0.6) is 0 Å². The van der Waals surface area contributed by atoms with Crippen LogP contribution in [0.25, 0.3) is 5.57 Å². The summed E-state index contributed by atoms with van der Waals surface area (Å²) in [6.45, 7) is 13.0. The van der Waals surface area contributed by atoms with Gasteiger partial charge in [0.05, 0.1) is 5.54 Å². The number of fused-ring (bicyclic) bond motifs is 1. The highest BCUT2D eigenvalue weighted by Crippen LogP contribution is 2.41. The maximum absolute atomic E-state index is 11.1. The van der Waals surface area contributed by atoms with E-state index in [1.54, 1.807) is 0 Å². The predicted octanol–water partition coefficient (Wildman–Crippen LogP) is 4.22. The Morgan fingerprint density at radius 3 is 2.37 bits per heavy atom. The second-order valence-corrected chi connectivity index (χ2v) is 6.29. The van der Waals surface area contributed by atoms with Gasteiger partial charge in [0.15, 0.2) is 0 Å². The van der Waals surface area contributed by atoms with Crippen molar-refractivity contribution in [2.45, 2.75) is 53.1 Å². The summed E-state index contributed by atoms with van der Waals surface area (Å²) in [5.41, 5.74) is 5.50. The largest absolute Gasteiger partial charge is 0.360 e. The fourth-order valence-electron chi connectivity index (χ4n) is 3.28. The first-order chi connectivity index (χ1) is 8.77. The molecule has 1 aliphatic heterocycles. The molecule has 0 atom stereocenters.